The molecule has 174 valence electrons. The van der Waals surface area contributed by atoms with E-state index in [0.717, 1.165) is 65.6 Å². The van der Waals surface area contributed by atoms with Crippen molar-refractivity contribution in [2.45, 2.75) is 0 Å². The molecule has 38 heavy (non-hydrogen) atoms. The van der Waals surface area contributed by atoms with Gasteiger partial charge in [0.25, 0.3) is 0 Å². The third kappa shape index (κ3) is 3.15. The van der Waals surface area contributed by atoms with Crippen LogP contribution in [0.15, 0.2) is 109 Å². The number of pyridine rings is 2. The highest BCUT2D eigenvalue weighted by atomic mass is 14.7. The van der Waals surface area contributed by atoms with Gasteiger partial charge in [-0.15, -0.1) is 0 Å². The van der Waals surface area contributed by atoms with E-state index in [1.165, 1.54) is 0 Å². The summed E-state index contributed by atoms with van der Waals surface area (Å²) in [6, 6.07) is 34.6. The van der Waals surface area contributed by atoms with Gasteiger partial charge in [0.2, 0.25) is 0 Å². The standard InChI is InChI=1S/C34H18N4/c1-36-22-15-17-38-30(19-22)32-28-13-7-6-12-27(28)31(29-18-21(20-35)14-16-37-29)33-25-10-4-2-8-23(25)24-9-3-5-11-26(24)34(32)33/h2-19H. The molecule has 0 bridgehead atoms. The molecule has 0 radical (unpaired) electrons. The van der Waals surface area contributed by atoms with Gasteiger partial charge in [0.05, 0.1) is 29.6 Å². The summed E-state index contributed by atoms with van der Waals surface area (Å²) in [6.07, 6.45) is 3.41. The molecule has 0 aliphatic carbocycles. The molecule has 0 atom stereocenters. The number of hydrogen-bond acceptors (Lipinski definition) is 3. The van der Waals surface area contributed by atoms with Gasteiger partial charge in [-0.05, 0) is 56.6 Å². The number of fused-ring (bicyclic) bond motifs is 7. The third-order valence-corrected chi connectivity index (χ3v) is 7.17. The quantitative estimate of drug-likeness (QED) is 0.140. The maximum Gasteiger partial charge on any atom is 0.190 e. The van der Waals surface area contributed by atoms with Crippen LogP contribution in [0, 0.1) is 17.9 Å². The van der Waals surface area contributed by atoms with Crippen LogP contribution in [0.25, 0.3) is 70.4 Å². The Hall–Kier alpha value is -5.58. The summed E-state index contributed by atoms with van der Waals surface area (Å²) in [5, 5.41) is 18.4. The number of benzene rings is 5. The Morgan fingerprint density at radius 1 is 0.579 bits per heavy atom. The molecule has 4 heteroatoms. The van der Waals surface area contributed by atoms with Crippen molar-refractivity contribution in [3.63, 3.8) is 0 Å². The second-order valence-electron chi connectivity index (χ2n) is 9.19. The van der Waals surface area contributed by atoms with Gasteiger partial charge >= 0.3 is 0 Å². The SMILES string of the molecule is [C-]#[N+]c1ccnc(-c2c3ccccc3c(-c3cc(C#N)ccn3)c3c4ccccc4c4ccccc4c23)c1. The van der Waals surface area contributed by atoms with Crippen molar-refractivity contribution in [3.8, 4) is 28.6 Å². The second kappa shape index (κ2) is 8.52. The van der Waals surface area contributed by atoms with Crippen molar-refractivity contribution >= 4 is 48.8 Å². The van der Waals surface area contributed by atoms with Gasteiger partial charge in [-0.2, -0.15) is 5.26 Å². The van der Waals surface area contributed by atoms with Crippen molar-refractivity contribution < 1.29 is 0 Å². The molecule has 0 spiro atoms. The molecule has 0 saturated carbocycles. The van der Waals surface area contributed by atoms with Gasteiger partial charge in [0, 0.05) is 34.3 Å². The average Bonchev–Trinajstić information content (AvgIpc) is 3.00. The number of nitrogens with zero attached hydrogens (tertiary/aromatic N) is 4. The smallest absolute Gasteiger partial charge is 0.190 e. The van der Waals surface area contributed by atoms with E-state index in [1.807, 2.05) is 24.3 Å². The first-order valence-electron chi connectivity index (χ1n) is 12.3. The van der Waals surface area contributed by atoms with Crippen LogP contribution in [0.3, 0.4) is 0 Å². The van der Waals surface area contributed by atoms with Crippen molar-refractivity contribution in [1.82, 2.24) is 9.97 Å². The minimum Gasteiger partial charge on any atom is -0.259 e. The number of nitriles is 1. The van der Waals surface area contributed by atoms with Crippen LogP contribution < -0.4 is 0 Å². The summed E-state index contributed by atoms with van der Waals surface area (Å²) in [4.78, 5) is 13.2. The van der Waals surface area contributed by atoms with E-state index in [9.17, 15) is 5.26 Å². The summed E-state index contributed by atoms with van der Waals surface area (Å²) < 4.78 is 0. The highest BCUT2D eigenvalue weighted by Gasteiger charge is 2.22. The van der Waals surface area contributed by atoms with Gasteiger partial charge in [-0.1, -0.05) is 72.8 Å². The topological polar surface area (TPSA) is 53.9 Å². The highest BCUT2D eigenvalue weighted by Crippen LogP contribution is 2.48. The number of rotatable bonds is 2. The zero-order valence-electron chi connectivity index (χ0n) is 20.2. The first kappa shape index (κ1) is 21.7. The van der Waals surface area contributed by atoms with Crippen LogP contribution >= 0.6 is 0 Å². The van der Waals surface area contributed by atoms with E-state index < -0.39 is 0 Å². The van der Waals surface area contributed by atoms with E-state index in [2.05, 4.69) is 71.6 Å². The maximum absolute atomic E-state index is 9.68. The summed E-state index contributed by atoms with van der Waals surface area (Å²) in [5.41, 5.74) is 4.59. The van der Waals surface area contributed by atoms with Crippen molar-refractivity contribution in [1.29, 1.82) is 5.26 Å². The molecule has 7 rings (SSSR count). The third-order valence-electron chi connectivity index (χ3n) is 7.17. The Labute approximate surface area is 218 Å². The van der Waals surface area contributed by atoms with Crippen molar-refractivity contribution in [3.05, 3.63) is 126 Å². The molecule has 4 nitrogen and oxygen atoms in total. The minimum absolute atomic E-state index is 0.546. The van der Waals surface area contributed by atoms with Gasteiger partial charge < -0.3 is 0 Å². The Morgan fingerprint density at radius 3 is 1.58 bits per heavy atom. The van der Waals surface area contributed by atoms with Gasteiger partial charge in [-0.3, -0.25) is 9.97 Å². The van der Waals surface area contributed by atoms with Crippen molar-refractivity contribution in [2.24, 2.45) is 0 Å². The van der Waals surface area contributed by atoms with E-state index >= 15 is 0 Å². The summed E-state index contributed by atoms with van der Waals surface area (Å²) >= 11 is 0. The van der Waals surface area contributed by atoms with Gasteiger partial charge in [0.15, 0.2) is 5.69 Å². The molecule has 0 aliphatic heterocycles. The lowest BCUT2D eigenvalue weighted by Gasteiger charge is -2.20. The molecule has 0 N–H and O–H groups in total. The molecule has 0 aliphatic rings. The van der Waals surface area contributed by atoms with Crippen LogP contribution in [0.2, 0.25) is 0 Å². The molecule has 0 unspecified atom stereocenters. The Kier molecular flexibility index (Phi) is 4.86. The Morgan fingerprint density at radius 2 is 1.05 bits per heavy atom. The van der Waals surface area contributed by atoms with E-state index in [1.54, 1.807) is 24.5 Å². The number of aromatic nitrogens is 2. The van der Waals surface area contributed by atoms with Crippen molar-refractivity contribution in [2.75, 3.05) is 0 Å². The lowest BCUT2D eigenvalue weighted by molar-refractivity contribution is 1.32. The molecule has 5 aromatic carbocycles. The van der Waals surface area contributed by atoms with Crippen LogP contribution in [0.1, 0.15) is 5.56 Å². The first-order chi connectivity index (χ1) is 18.8. The largest absolute Gasteiger partial charge is 0.259 e. The minimum atomic E-state index is 0.546. The van der Waals surface area contributed by atoms with Crippen LogP contribution in [-0.4, -0.2) is 9.97 Å². The number of hydrogen-bond donors (Lipinski definition) is 0. The zero-order chi connectivity index (χ0) is 25.6. The highest BCUT2D eigenvalue weighted by molar-refractivity contribution is 6.36. The summed E-state index contributed by atoms with van der Waals surface area (Å²) in [6.45, 7) is 7.62. The monoisotopic (exact) mass is 482 g/mol. The summed E-state index contributed by atoms with van der Waals surface area (Å²) in [7, 11) is 0. The van der Waals surface area contributed by atoms with E-state index in [-0.39, 0.29) is 0 Å². The maximum atomic E-state index is 9.68. The van der Waals surface area contributed by atoms with Gasteiger partial charge in [-0.25, -0.2) is 4.85 Å². The molecule has 2 aromatic heterocycles. The normalized spacial score (nSPS) is 11.1. The first-order valence-corrected chi connectivity index (χ1v) is 12.3. The Balaban J connectivity index is 1.85. The molecule has 0 fully saturated rings. The van der Waals surface area contributed by atoms with Crippen LogP contribution in [0.5, 0.6) is 0 Å². The van der Waals surface area contributed by atoms with E-state index in [4.69, 9.17) is 16.5 Å². The fourth-order valence-electron chi connectivity index (χ4n) is 5.64. The molecule has 0 amide bonds. The van der Waals surface area contributed by atoms with Crippen LogP contribution in [-0.2, 0) is 0 Å². The molecule has 0 saturated heterocycles. The zero-order valence-corrected chi connectivity index (χ0v) is 20.2. The molecular formula is C34H18N4. The van der Waals surface area contributed by atoms with E-state index in [0.29, 0.717) is 11.3 Å². The Bertz CT molecular complexity index is 2010. The predicted octanol–water partition coefficient (Wildman–Crippen LogP) is 8.85. The van der Waals surface area contributed by atoms with Crippen LogP contribution in [0.4, 0.5) is 5.69 Å². The molecule has 2 heterocycles. The average molecular weight is 483 g/mol. The lowest BCUT2D eigenvalue weighted by Crippen LogP contribution is -1.96. The fraction of sp³-hybridized carbons (Fsp3) is 0. The lowest BCUT2D eigenvalue weighted by atomic mass is 9.83. The predicted molar refractivity (Wildman–Crippen MR) is 154 cm³/mol. The molecule has 7 aromatic rings. The molecular weight excluding hydrogens is 464 g/mol. The van der Waals surface area contributed by atoms with Gasteiger partial charge in [0.1, 0.15) is 0 Å². The second-order valence-corrected chi connectivity index (χ2v) is 9.19. The summed E-state index contributed by atoms with van der Waals surface area (Å²) in [5.74, 6) is 0. The fourth-order valence-corrected chi connectivity index (χ4v) is 5.64.